The maximum Gasteiger partial charge on any atom is 0.0843 e. The van der Waals surface area contributed by atoms with Crippen molar-refractivity contribution >= 4 is 10.9 Å². The molecular formula is C17H26N4. The van der Waals surface area contributed by atoms with Crippen LogP contribution in [0.4, 0.5) is 0 Å². The summed E-state index contributed by atoms with van der Waals surface area (Å²) in [5.41, 5.74) is 2.50. The largest absolute Gasteiger partial charge is 0.319 e. The molecule has 1 aromatic carbocycles. The van der Waals surface area contributed by atoms with Gasteiger partial charge in [-0.05, 0) is 58.4 Å². The minimum Gasteiger partial charge on any atom is -0.319 e. The van der Waals surface area contributed by atoms with E-state index in [-0.39, 0.29) is 0 Å². The van der Waals surface area contributed by atoms with Gasteiger partial charge in [-0.2, -0.15) is 5.10 Å². The van der Waals surface area contributed by atoms with Crippen LogP contribution < -0.4 is 5.32 Å². The van der Waals surface area contributed by atoms with E-state index >= 15 is 0 Å². The van der Waals surface area contributed by atoms with Crippen molar-refractivity contribution in [2.24, 2.45) is 5.92 Å². The van der Waals surface area contributed by atoms with E-state index in [0.29, 0.717) is 0 Å². The molecule has 114 valence electrons. The lowest BCUT2D eigenvalue weighted by Crippen LogP contribution is -2.36. The zero-order valence-corrected chi connectivity index (χ0v) is 13.2. The van der Waals surface area contributed by atoms with Crippen molar-refractivity contribution < 1.29 is 0 Å². The second-order valence-corrected chi connectivity index (χ2v) is 6.06. The highest BCUT2D eigenvalue weighted by Gasteiger charge is 2.20. The van der Waals surface area contributed by atoms with E-state index in [4.69, 9.17) is 5.10 Å². The van der Waals surface area contributed by atoms with Gasteiger partial charge in [-0.25, -0.2) is 0 Å². The predicted molar refractivity (Wildman–Crippen MR) is 87.3 cm³/mol. The number of hydrogen-bond donors (Lipinski definition) is 1. The maximum atomic E-state index is 4.82. The Morgan fingerprint density at radius 2 is 2.00 bits per heavy atom. The maximum absolute atomic E-state index is 4.82. The van der Waals surface area contributed by atoms with Gasteiger partial charge in [-0.1, -0.05) is 18.2 Å². The van der Waals surface area contributed by atoms with Crippen LogP contribution in [0.5, 0.6) is 0 Å². The number of likely N-dealkylation sites (tertiary alicyclic amines) is 1. The van der Waals surface area contributed by atoms with Crippen molar-refractivity contribution in [2.75, 3.05) is 26.7 Å². The average Bonchev–Trinajstić information content (AvgIpc) is 2.88. The number of aromatic nitrogens is 2. The first-order chi connectivity index (χ1) is 10.3. The lowest BCUT2D eigenvalue weighted by Gasteiger charge is -2.31. The molecule has 1 fully saturated rings. The standard InChI is InChI=1S/C17H26N4/c1-3-21-17-7-5-4-6-15(17)16(19-21)13-20-10-8-14(9-11-20)12-18-2/h4-7,14,18H,3,8-13H2,1-2H3. The molecular weight excluding hydrogens is 260 g/mol. The van der Waals surface area contributed by atoms with E-state index in [9.17, 15) is 0 Å². The van der Waals surface area contributed by atoms with Crippen molar-refractivity contribution in [1.82, 2.24) is 20.0 Å². The molecule has 1 aromatic heterocycles. The monoisotopic (exact) mass is 286 g/mol. The first-order valence-electron chi connectivity index (χ1n) is 8.13. The molecule has 2 aromatic rings. The van der Waals surface area contributed by atoms with Gasteiger partial charge in [0.1, 0.15) is 0 Å². The molecule has 1 aliphatic rings. The van der Waals surface area contributed by atoms with Gasteiger partial charge in [0.15, 0.2) is 0 Å². The summed E-state index contributed by atoms with van der Waals surface area (Å²) in [5.74, 6) is 0.844. The minimum atomic E-state index is 0.844. The van der Waals surface area contributed by atoms with Crippen molar-refractivity contribution in [2.45, 2.75) is 32.9 Å². The van der Waals surface area contributed by atoms with Crippen LogP contribution in [0.2, 0.25) is 0 Å². The highest BCUT2D eigenvalue weighted by atomic mass is 15.3. The molecule has 21 heavy (non-hydrogen) atoms. The molecule has 0 aliphatic carbocycles. The summed E-state index contributed by atoms with van der Waals surface area (Å²) < 4.78 is 2.12. The summed E-state index contributed by atoms with van der Waals surface area (Å²) in [7, 11) is 2.05. The summed E-state index contributed by atoms with van der Waals surface area (Å²) in [5, 5.41) is 9.44. The minimum absolute atomic E-state index is 0.844. The molecule has 0 amide bonds. The number of rotatable bonds is 5. The lowest BCUT2D eigenvalue weighted by molar-refractivity contribution is 0.175. The van der Waals surface area contributed by atoms with Crippen LogP contribution in [0.15, 0.2) is 24.3 Å². The third-order valence-electron chi connectivity index (χ3n) is 4.61. The van der Waals surface area contributed by atoms with Crippen molar-refractivity contribution in [1.29, 1.82) is 0 Å². The summed E-state index contributed by atoms with van der Waals surface area (Å²) in [6.07, 6.45) is 2.60. The third kappa shape index (κ3) is 3.11. The van der Waals surface area contributed by atoms with Crippen LogP contribution in [0.25, 0.3) is 10.9 Å². The Balaban J connectivity index is 1.71. The number of nitrogens with zero attached hydrogens (tertiary/aromatic N) is 3. The van der Waals surface area contributed by atoms with Crippen molar-refractivity contribution in [3.63, 3.8) is 0 Å². The number of benzene rings is 1. The Labute approximate surface area is 127 Å². The fourth-order valence-electron chi connectivity index (χ4n) is 3.40. The van der Waals surface area contributed by atoms with Crippen LogP contribution in [-0.4, -0.2) is 41.4 Å². The molecule has 0 radical (unpaired) electrons. The van der Waals surface area contributed by atoms with E-state index < -0.39 is 0 Å². The number of aryl methyl sites for hydroxylation is 1. The first kappa shape index (κ1) is 14.5. The number of nitrogens with one attached hydrogen (secondary N) is 1. The quantitative estimate of drug-likeness (QED) is 0.916. The molecule has 1 N–H and O–H groups in total. The predicted octanol–water partition coefficient (Wildman–Crippen LogP) is 2.49. The second-order valence-electron chi connectivity index (χ2n) is 6.06. The van der Waals surface area contributed by atoms with Crippen LogP contribution >= 0.6 is 0 Å². The lowest BCUT2D eigenvalue weighted by atomic mass is 9.96. The SMILES string of the molecule is CCn1nc(CN2CCC(CNC)CC2)c2ccccc21. The Morgan fingerprint density at radius 1 is 1.24 bits per heavy atom. The molecule has 0 spiro atoms. The van der Waals surface area contributed by atoms with Crippen LogP contribution in [0.3, 0.4) is 0 Å². The van der Waals surface area contributed by atoms with Gasteiger partial charge in [0.05, 0.1) is 11.2 Å². The summed E-state index contributed by atoms with van der Waals surface area (Å²) in [6, 6.07) is 8.60. The molecule has 0 bridgehead atoms. The Bertz CT molecular complexity index is 581. The molecule has 4 heteroatoms. The fraction of sp³-hybridized carbons (Fsp3) is 0.588. The highest BCUT2D eigenvalue weighted by Crippen LogP contribution is 2.22. The van der Waals surface area contributed by atoms with Gasteiger partial charge < -0.3 is 5.32 Å². The zero-order chi connectivity index (χ0) is 14.7. The second kappa shape index (κ2) is 6.58. The van der Waals surface area contributed by atoms with Gasteiger partial charge >= 0.3 is 0 Å². The van der Waals surface area contributed by atoms with E-state index in [0.717, 1.165) is 25.6 Å². The zero-order valence-electron chi connectivity index (χ0n) is 13.2. The van der Waals surface area contributed by atoms with Crippen molar-refractivity contribution in [3.05, 3.63) is 30.0 Å². The smallest absolute Gasteiger partial charge is 0.0843 e. The third-order valence-corrected chi connectivity index (χ3v) is 4.61. The van der Waals surface area contributed by atoms with Crippen LogP contribution in [0.1, 0.15) is 25.5 Å². The van der Waals surface area contributed by atoms with Crippen molar-refractivity contribution in [3.8, 4) is 0 Å². The molecule has 3 rings (SSSR count). The van der Waals surface area contributed by atoms with Gasteiger partial charge in [-0.3, -0.25) is 9.58 Å². The Hall–Kier alpha value is -1.39. The van der Waals surface area contributed by atoms with Gasteiger partial charge in [0.25, 0.3) is 0 Å². The first-order valence-corrected chi connectivity index (χ1v) is 8.13. The highest BCUT2D eigenvalue weighted by molar-refractivity contribution is 5.81. The summed E-state index contributed by atoms with van der Waals surface area (Å²) >= 11 is 0. The van der Waals surface area contributed by atoms with Gasteiger partial charge in [0, 0.05) is 18.5 Å². The summed E-state index contributed by atoms with van der Waals surface area (Å²) in [4.78, 5) is 2.56. The molecule has 0 unspecified atom stereocenters. The van der Waals surface area contributed by atoms with Crippen LogP contribution in [0, 0.1) is 5.92 Å². The summed E-state index contributed by atoms with van der Waals surface area (Å²) in [6.45, 7) is 7.62. The van der Waals surface area contributed by atoms with E-state index in [1.54, 1.807) is 0 Å². The number of para-hydroxylation sites is 1. The average molecular weight is 286 g/mol. The molecule has 1 saturated heterocycles. The topological polar surface area (TPSA) is 33.1 Å². The van der Waals surface area contributed by atoms with Gasteiger partial charge in [0.2, 0.25) is 0 Å². The molecule has 2 heterocycles. The van der Waals surface area contributed by atoms with Gasteiger partial charge in [-0.15, -0.1) is 0 Å². The number of hydrogen-bond acceptors (Lipinski definition) is 3. The number of fused-ring (bicyclic) bond motifs is 1. The molecule has 4 nitrogen and oxygen atoms in total. The van der Waals surface area contributed by atoms with E-state index in [1.807, 2.05) is 0 Å². The normalized spacial score (nSPS) is 17.6. The van der Waals surface area contributed by atoms with Crippen LogP contribution in [-0.2, 0) is 13.1 Å². The fourth-order valence-corrected chi connectivity index (χ4v) is 3.40. The van der Waals surface area contributed by atoms with E-state index in [1.165, 1.54) is 42.5 Å². The molecule has 0 saturated carbocycles. The molecule has 1 aliphatic heterocycles. The Kier molecular flexibility index (Phi) is 4.56. The van der Waals surface area contributed by atoms with E-state index in [2.05, 4.69) is 53.1 Å². The number of piperidine rings is 1. The molecule has 0 atom stereocenters. The Morgan fingerprint density at radius 3 is 2.71 bits per heavy atom.